The van der Waals surface area contributed by atoms with Gasteiger partial charge in [-0.25, -0.2) is 4.98 Å². The minimum Gasteiger partial charge on any atom is -0.509 e. The first-order valence-electron chi connectivity index (χ1n) is 18.1. The number of hydrogen-bond acceptors (Lipinski definition) is 3. The number of aryl methyl sites for hydroxylation is 2. The zero-order valence-corrected chi connectivity index (χ0v) is 32.7. The first-order chi connectivity index (χ1) is 24.3. The van der Waals surface area contributed by atoms with E-state index in [0.717, 1.165) is 69.2 Å². The topological polar surface area (TPSA) is 44.9 Å². The molecule has 3 heterocycles. The van der Waals surface area contributed by atoms with Crippen molar-refractivity contribution in [1.82, 2.24) is 19.3 Å². The Morgan fingerprint density at radius 3 is 2.39 bits per heavy atom. The largest absolute Gasteiger partial charge is 2.00 e. The van der Waals surface area contributed by atoms with Crippen molar-refractivity contribution in [3.63, 3.8) is 0 Å². The van der Waals surface area contributed by atoms with E-state index in [1.165, 1.54) is 35.8 Å². The second kappa shape index (κ2) is 15.8. The molecule has 0 aliphatic heterocycles. The van der Waals surface area contributed by atoms with Gasteiger partial charge >= 0.3 is 21.1 Å². The summed E-state index contributed by atoms with van der Waals surface area (Å²) < 4.78 is 10.7. The smallest absolute Gasteiger partial charge is 0.509 e. The van der Waals surface area contributed by atoms with E-state index in [-0.39, 0.29) is 21.1 Å². The van der Waals surface area contributed by atoms with E-state index in [2.05, 4.69) is 119 Å². The Kier molecular flexibility index (Phi) is 11.3. The third kappa shape index (κ3) is 7.60. The summed E-state index contributed by atoms with van der Waals surface area (Å²) >= 11 is 0. The van der Waals surface area contributed by atoms with Crippen molar-refractivity contribution in [3.8, 4) is 34.1 Å². The number of benzene rings is 4. The van der Waals surface area contributed by atoms with Crippen molar-refractivity contribution in [1.29, 1.82) is 0 Å². The molecule has 0 amide bonds. The SMILES string of the molecule is CCCc1ccnc(-n2c3[c-]c(Oc4[c-]c(-n5nc(C)c(-c6ccccc6)c5C)ccc4)ccc3c3cc(C(C)CCCC(C)C)ccc32)c1.[Pt+2]. The Morgan fingerprint density at radius 2 is 1.61 bits per heavy atom. The Hall–Kier alpha value is -4.47. The summed E-state index contributed by atoms with van der Waals surface area (Å²) in [5.41, 5.74) is 9.89. The second-order valence-corrected chi connectivity index (χ2v) is 14.0. The Bertz CT molecular complexity index is 2270. The molecule has 3 aromatic heterocycles. The van der Waals surface area contributed by atoms with E-state index in [0.29, 0.717) is 17.4 Å². The predicted molar refractivity (Wildman–Crippen MR) is 206 cm³/mol. The number of hydrogen-bond donors (Lipinski definition) is 0. The van der Waals surface area contributed by atoms with Crippen LogP contribution in [0.2, 0.25) is 0 Å². The molecular weight excluding hydrogens is 808 g/mol. The van der Waals surface area contributed by atoms with Gasteiger partial charge in [-0.2, -0.15) is 17.2 Å². The van der Waals surface area contributed by atoms with E-state index in [1.807, 2.05) is 41.2 Å². The standard InChI is InChI=1S/C45H46N4O.Pt/c1-7-13-34-24-25-46-44(26-34)48-42-23-20-36(31(4)15-11-14-30(2)3)27-41(42)40-22-21-39(29-43(40)48)50-38-19-12-18-37(28-38)49-33(6)45(32(5)47-49)35-16-9-8-10-17-35;/h8-10,12,16-27,30-31H,7,11,13-15H2,1-6H3;/q-2;+2. The van der Waals surface area contributed by atoms with Crippen molar-refractivity contribution < 1.29 is 25.8 Å². The molecule has 0 saturated heterocycles. The number of aromatic nitrogens is 4. The number of nitrogens with zero attached hydrogens (tertiary/aromatic N) is 4. The molecule has 0 saturated carbocycles. The van der Waals surface area contributed by atoms with Crippen LogP contribution in [0.25, 0.3) is 44.4 Å². The zero-order valence-electron chi connectivity index (χ0n) is 30.4. The molecule has 6 heteroatoms. The van der Waals surface area contributed by atoms with Crippen LogP contribution in [-0.4, -0.2) is 19.3 Å². The van der Waals surface area contributed by atoms with E-state index in [9.17, 15) is 0 Å². The summed E-state index contributed by atoms with van der Waals surface area (Å²) in [5, 5.41) is 7.24. The quantitative estimate of drug-likeness (QED) is 0.115. The number of fused-ring (bicyclic) bond motifs is 3. The van der Waals surface area contributed by atoms with Crippen LogP contribution in [-0.2, 0) is 27.5 Å². The molecule has 0 aliphatic rings. The molecule has 4 aromatic carbocycles. The third-order valence-corrected chi connectivity index (χ3v) is 9.79. The average Bonchev–Trinajstić information content (AvgIpc) is 3.60. The summed E-state index contributed by atoms with van der Waals surface area (Å²) in [6.45, 7) is 13.3. The normalized spacial score (nSPS) is 12.1. The molecule has 7 aromatic rings. The van der Waals surface area contributed by atoms with Gasteiger partial charge in [0.2, 0.25) is 0 Å². The van der Waals surface area contributed by atoms with Gasteiger partial charge in [-0.15, -0.1) is 35.7 Å². The van der Waals surface area contributed by atoms with Crippen LogP contribution in [0.15, 0.2) is 97.2 Å². The summed E-state index contributed by atoms with van der Waals surface area (Å²) in [6.07, 6.45) is 7.71. The average molecular weight is 854 g/mol. The van der Waals surface area contributed by atoms with E-state index in [1.54, 1.807) is 0 Å². The van der Waals surface area contributed by atoms with Gasteiger partial charge in [-0.3, -0.25) is 4.68 Å². The summed E-state index contributed by atoms with van der Waals surface area (Å²) in [6, 6.07) is 38.9. The zero-order chi connectivity index (χ0) is 34.8. The van der Waals surface area contributed by atoms with Crippen molar-refractivity contribution in [2.45, 2.75) is 79.6 Å². The van der Waals surface area contributed by atoms with Crippen LogP contribution >= 0.6 is 0 Å². The maximum atomic E-state index is 6.50. The van der Waals surface area contributed by atoms with Crippen molar-refractivity contribution in [2.75, 3.05) is 0 Å². The molecule has 1 atom stereocenters. The van der Waals surface area contributed by atoms with Gasteiger partial charge in [0, 0.05) is 34.5 Å². The van der Waals surface area contributed by atoms with Crippen LogP contribution in [0.4, 0.5) is 0 Å². The molecule has 0 aliphatic carbocycles. The fraction of sp³-hybridized carbons (Fsp3) is 0.289. The molecule has 0 fully saturated rings. The van der Waals surface area contributed by atoms with Crippen molar-refractivity contribution >= 4 is 21.8 Å². The molecule has 0 N–H and O–H groups in total. The third-order valence-electron chi connectivity index (χ3n) is 9.79. The predicted octanol–water partition coefficient (Wildman–Crippen LogP) is 11.9. The van der Waals surface area contributed by atoms with Gasteiger partial charge in [-0.05, 0) is 84.5 Å². The Morgan fingerprint density at radius 1 is 0.804 bits per heavy atom. The Labute approximate surface area is 317 Å². The minimum atomic E-state index is 0. The van der Waals surface area contributed by atoms with Gasteiger partial charge in [-0.1, -0.05) is 94.9 Å². The van der Waals surface area contributed by atoms with E-state index in [4.69, 9.17) is 14.8 Å². The van der Waals surface area contributed by atoms with Crippen molar-refractivity contribution in [3.05, 3.63) is 132 Å². The maximum absolute atomic E-state index is 6.50. The van der Waals surface area contributed by atoms with E-state index >= 15 is 0 Å². The van der Waals surface area contributed by atoms with Crippen molar-refractivity contribution in [2.24, 2.45) is 5.92 Å². The molecular formula is C45H46N4OPt. The van der Waals surface area contributed by atoms with Gasteiger partial charge in [0.1, 0.15) is 5.82 Å². The summed E-state index contributed by atoms with van der Waals surface area (Å²) in [5.74, 6) is 3.35. The molecule has 0 radical (unpaired) electrons. The second-order valence-electron chi connectivity index (χ2n) is 14.0. The molecule has 51 heavy (non-hydrogen) atoms. The van der Waals surface area contributed by atoms with Crippen LogP contribution in [0.5, 0.6) is 11.5 Å². The monoisotopic (exact) mass is 853 g/mol. The minimum absolute atomic E-state index is 0. The summed E-state index contributed by atoms with van der Waals surface area (Å²) in [4.78, 5) is 4.86. The van der Waals surface area contributed by atoms with Gasteiger partial charge in [0.25, 0.3) is 0 Å². The first-order valence-corrected chi connectivity index (χ1v) is 18.1. The first kappa shape index (κ1) is 36.3. The number of rotatable bonds is 12. The van der Waals surface area contributed by atoms with Crippen LogP contribution in [0.1, 0.15) is 81.8 Å². The maximum Gasteiger partial charge on any atom is 2.00 e. The fourth-order valence-electron chi connectivity index (χ4n) is 7.21. The number of ether oxygens (including phenoxy) is 1. The summed E-state index contributed by atoms with van der Waals surface area (Å²) in [7, 11) is 0. The molecule has 1 unspecified atom stereocenters. The molecule has 5 nitrogen and oxygen atoms in total. The molecule has 0 spiro atoms. The van der Waals surface area contributed by atoms with Gasteiger partial charge in [0.05, 0.1) is 5.69 Å². The van der Waals surface area contributed by atoms with Gasteiger partial charge < -0.3 is 9.30 Å². The number of pyridine rings is 1. The molecule has 262 valence electrons. The molecule has 0 bridgehead atoms. The van der Waals surface area contributed by atoms with Gasteiger partial charge in [0.15, 0.2) is 0 Å². The van der Waals surface area contributed by atoms with E-state index < -0.39 is 0 Å². The van der Waals surface area contributed by atoms with Crippen LogP contribution in [0, 0.1) is 31.9 Å². The Balaban J connectivity index is 0.00000448. The van der Waals surface area contributed by atoms with Crippen LogP contribution in [0.3, 0.4) is 0 Å². The fourth-order valence-corrected chi connectivity index (χ4v) is 7.21. The molecule has 7 rings (SSSR count). The van der Waals surface area contributed by atoms with Crippen LogP contribution < -0.4 is 4.74 Å².